The first-order chi connectivity index (χ1) is 11.1. The van der Waals surface area contributed by atoms with Crippen molar-refractivity contribution in [2.75, 3.05) is 13.7 Å². The normalized spacial score (nSPS) is 10.6. The fourth-order valence-electron chi connectivity index (χ4n) is 1.67. The quantitative estimate of drug-likeness (QED) is 0.598. The summed E-state index contributed by atoms with van der Waals surface area (Å²) >= 11 is 9.15. The Hall–Kier alpha value is -2.05. The number of rotatable bonds is 6. The van der Waals surface area contributed by atoms with E-state index in [2.05, 4.69) is 26.5 Å². The van der Waals surface area contributed by atoms with E-state index >= 15 is 0 Å². The van der Waals surface area contributed by atoms with Crippen molar-refractivity contribution >= 4 is 39.7 Å². The molecule has 0 radical (unpaired) electrons. The van der Waals surface area contributed by atoms with Crippen LogP contribution in [0.2, 0.25) is 5.02 Å². The summed E-state index contributed by atoms with van der Waals surface area (Å²) in [5.74, 6) is 0.878. The van der Waals surface area contributed by atoms with Gasteiger partial charge < -0.3 is 9.47 Å². The van der Waals surface area contributed by atoms with Gasteiger partial charge in [0.25, 0.3) is 5.91 Å². The molecule has 0 aliphatic heterocycles. The number of amides is 1. The summed E-state index contributed by atoms with van der Waals surface area (Å²) in [5.41, 5.74) is 3.20. The smallest absolute Gasteiger partial charge is 0.277 e. The molecule has 0 aliphatic carbocycles. The van der Waals surface area contributed by atoms with Crippen LogP contribution in [0.15, 0.2) is 52.0 Å². The van der Waals surface area contributed by atoms with Crippen LogP contribution in [-0.4, -0.2) is 25.8 Å². The number of hydrazone groups is 1. The van der Waals surface area contributed by atoms with Crippen molar-refractivity contribution in [3.05, 3.63) is 57.5 Å². The van der Waals surface area contributed by atoms with E-state index in [1.54, 1.807) is 31.4 Å². The van der Waals surface area contributed by atoms with Crippen molar-refractivity contribution in [3.63, 3.8) is 0 Å². The summed E-state index contributed by atoms with van der Waals surface area (Å²) in [6.07, 6.45) is 1.53. The van der Waals surface area contributed by atoms with Crippen molar-refractivity contribution in [3.8, 4) is 11.5 Å². The van der Waals surface area contributed by atoms with Crippen molar-refractivity contribution in [1.29, 1.82) is 0 Å². The van der Waals surface area contributed by atoms with E-state index < -0.39 is 0 Å². The number of carbonyl (C=O) groups is 1. The molecule has 0 unspecified atom stereocenters. The van der Waals surface area contributed by atoms with Crippen LogP contribution in [0.3, 0.4) is 0 Å². The number of nitrogens with zero attached hydrogens (tertiary/aromatic N) is 1. The summed E-state index contributed by atoms with van der Waals surface area (Å²) < 4.78 is 11.2. The first kappa shape index (κ1) is 17.3. The van der Waals surface area contributed by atoms with Gasteiger partial charge in [-0.15, -0.1) is 0 Å². The predicted octanol–water partition coefficient (Wildman–Crippen LogP) is 3.64. The van der Waals surface area contributed by atoms with Gasteiger partial charge >= 0.3 is 0 Å². The Morgan fingerprint density at radius 2 is 2.17 bits per heavy atom. The first-order valence-electron chi connectivity index (χ1n) is 6.62. The standard InChI is InChI=1S/C16H14BrClN2O3/c1-22-13-4-2-3-11(7-13)9-19-20-16(21)10-23-15-6-5-12(18)8-14(15)17/h2-9H,10H2,1H3,(H,20,21)/b19-9-. The van der Waals surface area contributed by atoms with Gasteiger partial charge in [-0.05, 0) is 51.8 Å². The van der Waals surface area contributed by atoms with Crippen molar-refractivity contribution < 1.29 is 14.3 Å². The molecular weight excluding hydrogens is 384 g/mol. The lowest BCUT2D eigenvalue weighted by Crippen LogP contribution is -2.24. The van der Waals surface area contributed by atoms with Gasteiger partial charge in [0, 0.05) is 5.02 Å². The Balaban J connectivity index is 1.83. The lowest BCUT2D eigenvalue weighted by molar-refractivity contribution is -0.123. The Labute approximate surface area is 147 Å². The lowest BCUT2D eigenvalue weighted by atomic mass is 10.2. The molecule has 2 aromatic rings. The van der Waals surface area contributed by atoms with Gasteiger partial charge in [-0.3, -0.25) is 4.79 Å². The van der Waals surface area contributed by atoms with E-state index in [0.717, 1.165) is 11.3 Å². The van der Waals surface area contributed by atoms with Gasteiger partial charge in [-0.25, -0.2) is 5.43 Å². The van der Waals surface area contributed by atoms with Crippen molar-refractivity contribution in [1.82, 2.24) is 5.43 Å². The minimum absolute atomic E-state index is 0.157. The molecule has 0 heterocycles. The monoisotopic (exact) mass is 396 g/mol. The number of benzene rings is 2. The van der Waals surface area contributed by atoms with Gasteiger partial charge in [-0.1, -0.05) is 23.7 Å². The lowest BCUT2D eigenvalue weighted by Gasteiger charge is -2.07. The highest BCUT2D eigenvalue weighted by Gasteiger charge is 2.05. The second kappa shape index (κ2) is 8.55. The Bertz CT molecular complexity index is 722. The van der Waals surface area contributed by atoms with Crippen LogP contribution >= 0.6 is 27.5 Å². The van der Waals surface area contributed by atoms with E-state index in [-0.39, 0.29) is 12.5 Å². The topological polar surface area (TPSA) is 59.9 Å². The third-order valence-electron chi connectivity index (χ3n) is 2.75. The molecule has 0 aliphatic rings. The molecular formula is C16H14BrClN2O3. The molecule has 23 heavy (non-hydrogen) atoms. The summed E-state index contributed by atoms with van der Waals surface area (Å²) in [6, 6.07) is 12.4. The molecule has 0 aromatic heterocycles. The maximum atomic E-state index is 11.7. The zero-order chi connectivity index (χ0) is 16.7. The van der Waals surface area contributed by atoms with Crippen LogP contribution in [0.25, 0.3) is 0 Å². The predicted molar refractivity (Wildman–Crippen MR) is 93.4 cm³/mol. The maximum absolute atomic E-state index is 11.7. The highest BCUT2D eigenvalue weighted by molar-refractivity contribution is 9.10. The number of nitrogens with one attached hydrogen (secondary N) is 1. The third kappa shape index (κ3) is 5.58. The Kier molecular flexibility index (Phi) is 6.43. The molecule has 2 aromatic carbocycles. The van der Waals surface area contributed by atoms with Gasteiger partial charge in [0.1, 0.15) is 11.5 Å². The van der Waals surface area contributed by atoms with Gasteiger partial charge in [0.15, 0.2) is 6.61 Å². The fourth-order valence-corrected chi connectivity index (χ4v) is 2.47. The largest absolute Gasteiger partial charge is 0.497 e. The Morgan fingerprint density at radius 3 is 2.91 bits per heavy atom. The third-order valence-corrected chi connectivity index (χ3v) is 3.60. The van der Waals surface area contributed by atoms with Crippen LogP contribution in [0.1, 0.15) is 5.56 Å². The SMILES string of the molecule is COc1cccc(/C=N\NC(=O)COc2ccc(Cl)cc2Br)c1. The average molecular weight is 398 g/mol. The van der Waals surface area contributed by atoms with Crippen LogP contribution in [0.5, 0.6) is 11.5 Å². The van der Waals surface area contributed by atoms with Gasteiger partial charge in [0.2, 0.25) is 0 Å². The van der Waals surface area contributed by atoms with Crippen molar-refractivity contribution in [2.24, 2.45) is 5.10 Å². The molecule has 2 rings (SSSR count). The average Bonchev–Trinajstić information content (AvgIpc) is 2.54. The number of carbonyl (C=O) groups excluding carboxylic acids is 1. The molecule has 1 N–H and O–H groups in total. The molecule has 1 amide bonds. The van der Waals surface area contributed by atoms with Crippen LogP contribution in [0, 0.1) is 0 Å². The molecule has 0 bridgehead atoms. The van der Waals surface area contributed by atoms with Crippen molar-refractivity contribution in [2.45, 2.75) is 0 Å². The molecule has 0 fully saturated rings. The van der Waals surface area contributed by atoms with Crippen LogP contribution in [-0.2, 0) is 4.79 Å². The van der Waals surface area contributed by atoms with E-state index in [1.807, 2.05) is 18.2 Å². The maximum Gasteiger partial charge on any atom is 0.277 e. The summed E-state index contributed by atoms with van der Waals surface area (Å²) in [5, 5.41) is 4.45. The van der Waals surface area contributed by atoms with Crippen LogP contribution < -0.4 is 14.9 Å². The highest BCUT2D eigenvalue weighted by atomic mass is 79.9. The molecule has 0 atom stereocenters. The minimum atomic E-state index is -0.369. The number of hydrogen-bond acceptors (Lipinski definition) is 4. The molecule has 7 heteroatoms. The summed E-state index contributed by atoms with van der Waals surface area (Å²) in [4.78, 5) is 11.7. The van der Waals surface area contributed by atoms with Gasteiger partial charge in [-0.2, -0.15) is 5.10 Å². The number of ether oxygens (including phenoxy) is 2. The molecule has 0 spiro atoms. The number of methoxy groups -OCH3 is 1. The zero-order valence-electron chi connectivity index (χ0n) is 12.3. The first-order valence-corrected chi connectivity index (χ1v) is 7.79. The summed E-state index contributed by atoms with van der Waals surface area (Å²) in [6.45, 7) is -0.157. The minimum Gasteiger partial charge on any atom is -0.497 e. The van der Waals surface area contributed by atoms with E-state index in [1.165, 1.54) is 6.21 Å². The fraction of sp³-hybridized carbons (Fsp3) is 0.125. The van der Waals surface area contributed by atoms with Crippen LogP contribution in [0.4, 0.5) is 0 Å². The highest BCUT2D eigenvalue weighted by Crippen LogP contribution is 2.27. The number of hydrogen-bond donors (Lipinski definition) is 1. The second-order valence-corrected chi connectivity index (χ2v) is 5.72. The molecule has 0 saturated carbocycles. The zero-order valence-corrected chi connectivity index (χ0v) is 14.6. The molecule has 5 nitrogen and oxygen atoms in total. The second-order valence-electron chi connectivity index (χ2n) is 4.43. The Morgan fingerprint density at radius 1 is 1.35 bits per heavy atom. The van der Waals surface area contributed by atoms with Gasteiger partial charge in [0.05, 0.1) is 17.8 Å². The number of halogens is 2. The summed E-state index contributed by atoms with van der Waals surface area (Å²) in [7, 11) is 1.59. The molecule has 120 valence electrons. The van der Waals surface area contributed by atoms with E-state index in [0.29, 0.717) is 15.2 Å². The van der Waals surface area contributed by atoms with E-state index in [9.17, 15) is 4.79 Å². The molecule has 0 saturated heterocycles. The van der Waals surface area contributed by atoms with E-state index in [4.69, 9.17) is 21.1 Å².